The fourth-order valence-corrected chi connectivity index (χ4v) is 3.79. The molecule has 0 aliphatic carbocycles. The third kappa shape index (κ3) is 4.72. The van der Waals surface area contributed by atoms with Crippen LogP contribution >= 0.6 is 0 Å². The van der Waals surface area contributed by atoms with E-state index in [0.29, 0.717) is 5.69 Å². The zero-order valence-electron chi connectivity index (χ0n) is 18.5. The summed E-state index contributed by atoms with van der Waals surface area (Å²) in [5.41, 5.74) is 3.83. The molecule has 1 atom stereocenters. The molecule has 0 aliphatic heterocycles. The van der Waals surface area contributed by atoms with Crippen LogP contribution in [0.15, 0.2) is 83.7 Å². The summed E-state index contributed by atoms with van der Waals surface area (Å²) in [4.78, 5) is 37.6. The number of benzene rings is 3. The quantitative estimate of drug-likeness (QED) is 0.438. The topological polar surface area (TPSA) is 82.3 Å². The van der Waals surface area contributed by atoms with Gasteiger partial charge < -0.3 is 10.1 Å². The molecule has 1 aromatic heterocycles. The zero-order valence-corrected chi connectivity index (χ0v) is 18.5. The summed E-state index contributed by atoms with van der Waals surface area (Å²) in [6, 6.07) is 24.6. The van der Waals surface area contributed by atoms with Crippen LogP contribution in [-0.2, 0) is 27.9 Å². The van der Waals surface area contributed by atoms with Crippen LogP contribution in [0.5, 0.6) is 0 Å². The molecule has 1 N–H and O–H groups in total. The Kier molecular flexibility index (Phi) is 6.40. The van der Waals surface area contributed by atoms with E-state index in [-0.39, 0.29) is 18.7 Å². The van der Waals surface area contributed by atoms with Gasteiger partial charge in [0.1, 0.15) is 0 Å². The number of nitrogens with one attached hydrogen (secondary N) is 1. The minimum atomic E-state index is -0.981. The fourth-order valence-electron chi connectivity index (χ4n) is 3.79. The number of esters is 1. The molecule has 168 valence electrons. The van der Waals surface area contributed by atoms with Crippen LogP contribution in [0.3, 0.4) is 0 Å². The standard InChI is InChI=1S/C26H25N3O4/c1-18(25(31)27-21-13-7-6-12-20(21)19-10-4-3-5-11-19)33-24(30)16-17-29-23-15-9-8-14-22(23)28(2)26(29)32/h3-15,18H,16-17H2,1-2H3,(H,27,31)/t18-/m1/s1. The Hall–Kier alpha value is -4.13. The lowest BCUT2D eigenvalue weighted by Crippen LogP contribution is -2.31. The smallest absolute Gasteiger partial charge is 0.328 e. The predicted octanol–water partition coefficient (Wildman–Crippen LogP) is 3.97. The number of aromatic nitrogens is 2. The highest BCUT2D eigenvalue weighted by molar-refractivity contribution is 5.98. The van der Waals surface area contributed by atoms with E-state index in [1.54, 1.807) is 11.6 Å². The van der Waals surface area contributed by atoms with Crippen molar-refractivity contribution < 1.29 is 14.3 Å². The molecule has 4 aromatic rings. The Morgan fingerprint density at radius 1 is 0.909 bits per heavy atom. The Morgan fingerprint density at radius 2 is 1.55 bits per heavy atom. The number of nitrogens with zero attached hydrogens (tertiary/aromatic N) is 2. The summed E-state index contributed by atoms with van der Waals surface area (Å²) in [6.07, 6.45) is -1.00. The van der Waals surface area contributed by atoms with Crippen molar-refractivity contribution in [3.8, 4) is 11.1 Å². The molecule has 0 radical (unpaired) electrons. The number of ether oxygens (including phenoxy) is 1. The summed E-state index contributed by atoms with van der Waals surface area (Å²) in [5.74, 6) is -0.970. The molecular formula is C26H25N3O4. The summed E-state index contributed by atoms with van der Waals surface area (Å²) < 4.78 is 8.42. The van der Waals surface area contributed by atoms with E-state index in [4.69, 9.17) is 4.74 Å². The van der Waals surface area contributed by atoms with Crippen molar-refractivity contribution >= 4 is 28.6 Å². The van der Waals surface area contributed by atoms with Gasteiger partial charge in [0.25, 0.3) is 5.91 Å². The van der Waals surface area contributed by atoms with Gasteiger partial charge in [-0.3, -0.25) is 18.7 Å². The predicted molar refractivity (Wildman–Crippen MR) is 128 cm³/mol. The minimum absolute atomic E-state index is 0.0217. The van der Waals surface area contributed by atoms with Crippen LogP contribution in [0.25, 0.3) is 22.2 Å². The van der Waals surface area contributed by atoms with E-state index in [0.717, 1.165) is 22.2 Å². The van der Waals surface area contributed by atoms with Gasteiger partial charge in [-0.1, -0.05) is 60.7 Å². The van der Waals surface area contributed by atoms with E-state index < -0.39 is 18.0 Å². The van der Waals surface area contributed by atoms with Gasteiger partial charge in [0.15, 0.2) is 6.10 Å². The van der Waals surface area contributed by atoms with Crippen LogP contribution in [0.1, 0.15) is 13.3 Å². The molecule has 0 bridgehead atoms. The van der Waals surface area contributed by atoms with Gasteiger partial charge in [0.2, 0.25) is 0 Å². The summed E-state index contributed by atoms with van der Waals surface area (Å²) >= 11 is 0. The molecule has 3 aromatic carbocycles. The van der Waals surface area contributed by atoms with Gasteiger partial charge in [-0.15, -0.1) is 0 Å². The zero-order chi connectivity index (χ0) is 23.4. The molecule has 0 fully saturated rings. The first kappa shape index (κ1) is 22.1. The second kappa shape index (κ2) is 9.56. The second-order valence-corrected chi connectivity index (χ2v) is 7.76. The third-order valence-electron chi connectivity index (χ3n) is 5.54. The number of carbonyl (C=O) groups excluding carboxylic acids is 2. The number of carbonyl (C=O) groups is 2. The number of hydrogen-bond acceptors (Lipinski definition) is 4. The molecule has 0 unspecified atom stereocenters. The van der Waals surface area contributed by atoms with Crippen molar-refractivity contribution in [3.63, 3.8) is 0 Å². The highest BCUT2D eigenvalue weighted by Gasteiger charge is 2.20. The molecule has 0 spiro atoms. The largest absolute Gasteiger partial charge is 0.452 e. The van der Waals surface area contributed by atoms with Gasteiger partial charge in [-0.2, -0.15) is 0 Å². The average molecular weight is 444 g/mol. The molecule has 0 aliphatic rings. The highest BCUT2D eigenvalue weighted by Crippen LogP contribution is 2.27. The summed E-state index contributed by atoms with van der Waals surface area (Å²) in [6.45, 7) is 1.70. The summed E-state index contributed by atoms with van der Waals surface area (Å²) in [7, 11) is 1.69. The number of aryl methyl sites for hydroxylation is 2. The number of anilines is 1. The molecule has 4 rings (SSSR count). The van der Waals surface area contributed by atoms with Gasteiger partial charge in [0.05, 0.1) is 17.5 Å². The van der Waals surface area contributed by atoms with Gasteiger partial charge in [0, 0.05) is 24.8 Å². The van der Waals surface area contributed by atoms with Crippen LogP contribution in [0, 0.1) is 0 Å². The van der Waals surface area contributed by atoms with E-state index in [1.807, 2.05) is 78.9 Å². The van der Waals surface area contributed by atoms with Crippen molar-refractivity contribution in [1.29, 1.82) is 0 Å². The van der Waals surface area contributed by atoms with Crippen molar-refractivity contribution in [1.82, 2.24) is 9.13 Å². The first-order chi connectivity index (χ1) is 16.0. The van der Waals surface area contributed by atoms with Gasteiger partial charge >= 0.3 is 11.7 Å². The Labute approximate surface area is 191 Å². The van der Waals surface area contributed by atoms with Crippen LogP contribution in [0.4, 0.5) is 5.69 Å². The number of rotatable bonds is 7. The van der Waals surface area contributed by atoms with E-state index in [2.05, 4.69) is 5.32 Å². The van der Waals surface area contributed by atoms with Crippen molar-refractivity contribution in [2.24, 2.45) is 7.05 Å². The monoisotopic (exact) mass is 443 g/mol. The number of hydrogen-bond donors (Lipinski definition) is 1. The lowest BCUT2D eigenvalue weighted by Gasteiger charge is -2.16. The molecule has 1 amide bonds. The lowest BCUT2D eigenvalue weighted by molar-refractivity contribution is -0.153. The molecule has 33 heavy (non-hydrogen) atoms. The Balaban J connectivity index is 1.39. The first-order valence-corrected chi connectivity index (χ1v) is 10.7. The third-order valence-corrected chi connectivity index (χ3v) is 5.54. The Bertz CT molecular complexity index is 1350. The maximum atomic E-state index is 12.7. The minimum Gasteiger partial charge on any atom is -0.452 e. The molecule has 0 saturated carbocycles. The second-order valence-electron chi connectivity index (χ2n) is 7.76. The van der Waals surface area contributed by atoms with Gasteiger partial charge in [-0.25, -0.2) is 4.79 Å². The van der Waals surface area contributed by atoms with Crippen molar-refractivity contribution in [3.05, 3.63) is 89.3 Å². The van der Waals surface area contributed by atoms with E-state index in [1.165, 1.54) is 11.5 Å². The maximum Gasteiger partial charge on any atom is 0.328 e. The molecule has 7 heteroatoms. The van der Waals surface area contributed by atoms with Gasteiger partial charge in [-0.05, 0) is 30.7 Å². The number of amides is 1. The molecule has 1 heterocycles. The van der Waals surface area contributed by atoms with Crippen LogP contribution in [-0.4, -0.2) is 27.1 Å². The summed E-state index contributed by atoms with van der Waals surface area (Å²) in [5, 5.41) is 2.85. The number of fused-ring (bicyclic) bond motifs is 1. The van der Waals surface area contributed by atoms with E-state index >= 15 is 0 Å². The molecule has 0 saturated heterocycles. The first-order valence-electron chi connectivity index (χ1n) is 10.7. The molecular weight excluding hydrogens is 418 g/mol. The SMILES string of the molecule is C[C@@H](OC(=O)CCn1c(=O)n(C)c2ccccc21)C(=O)Nc1ccccc1-c1ccccc1. The Morgan fingerprint density at radius 3 is 2.30 bits per heavy atom. The highest BCUT2D eigenvalue weighted by atomic mass is 16.5. The molecule has 7 nitrogen and oxygen atoms in total. The normalized spacial score (nSPS) is 11.8. The number of imidazole rings is 1. The average Bonchev–Trinajstić information content (AvgIpc) is 3.08. The van der Waals surface area contributed by atoms with E-state index in [9.17, 15) is 14.4 Å². The lowest BCUT2D eigenvalue weighted by atomic mass is 10.0. The van der Waals surface area contributed by atoms with Crippen molar-refractivity contribution in [2.75, 3.05) is 5.32 Å². The van der Waals surface area contributed by atoms with Crippen molar-refractivity contribution in [2.45, 2.75) is 26.0 Å². The maximum absolute atomic E-state index is 12.7. The number of para-hydroxylation sites is 3. The van der Waals surface area contributed by atoms with Crippen LogP contribution in [0.2, 0.25) is 0 Å². The van der Waals surface area contributed by atoms with Crippen LogP contribution < -0.4 is 11.0 Å². The fraction of sp³-hybridized carbons (Fsp3) is 0.192.